The number of benzene rings is 2. The Kier molecular flexibility index (Phi) is 5.11. The van der Waals surface area contributed by atoms with Gasteiger partial charge in [0, 0.05) is 31.7 Å². The summed E-state index contributed by atoms with van der Waals surface area (Å²) in [5.74, 6) is -0.245. The predicted octanol–water partition coefficient (Wildman–Crippen LogP) is 2.64. The Morgan fingerprint density at radius 3 is 2.38 bits per heavy atom. The lowest BCUT2D eigenvalue weighted by Crippen LogP contribution is -2.50. The van der Waals surface area contributed by atoms with Gasteiger partial charge in [-0.3, -0.25) is 9.69 Å². The third kappa shape index (κ3) is 3.92. The summed E-state index contributed by atoms with van der Waals surface area (Å²) < 4.78 is 13.8. The molecule has 2 aromatic carbocycles. The zero-order chi connectivity index (χ0) is 16.9. The van der Waals surface area contributed by atoms with Crippen LogP contribution in [0.4, 0.5) is 10.1 Å². The van der Waals surface area contributed by atoms with Crippen LogP contribution < -0.4 is 10.2 Å². The lowest BCUT2D eigenvalue weighted by Gasteiger charge is -2.36. The first-order valence-electron chi connectivity index (χ1n) is 8.20. The number of para-hydroxylation sites is 1. The molecular weight excluding hydrogens is 305 g/mol. The van der Waals surface area contributed by atoms with Crippen LogP contribution in [0, 0.1) is 12.7 Å². The molecule has 0 atom stereocenters. The number of carbonyl (C=O) groups is 1. The highest BCUT2D eigenvalue weighted by molar-refractivity contribution is 5.94. The Balaban J connectivity index is 1.48. The van der Waals surface area contributed by atoms with Crippen molar-refractivity contribution in [2.24, 2.45) is 0 Å². The smallest absolute Gasteiger partial charge is 0.252 e. The number of amides is 1. The number of halogens is 1. The average Bonchev–Trinajstić information content (AvgIpc) is 2.61. The van der Waals surface area contributed by atoms with E-state index in [1.165, 1.54) is 6.07 Å². The fraction of sp³-hybridized carbons (Fsp3) is 0.316. The SMILES string of the molecule is Cc1ccc(C(=O)NCN2CCN(c3ccccc3F)CC2)cc1. The van der Waals surface area contributed by atoms with Crippen molar-refractivity contribution in [3.05, 3.63) is 65.5 Å². The summed E-state index contributed by atoms with van der Waals surface area (Å²) in [6, 6.07) is 14.4. The molecule has 1 aliphatic heterocycles. The number of hydrogen-bond donors (Lipinski definition) is 1. The van der Waals surface area contributed by atoms with E-state index in [0.717, 1.165) is 31.7 Å². The molecule has 0 spiro atoms. The second-order valence-corrected chi connectivity index (χ2v) is 6.09. The van der Waals surface area contributed by atoms with Gasteiger partial charge in [-0.15, -0.1) is 0 Å². The van der Waals surface area contributed by atoms with Gasteiger partial charge in [-0.05, 0) is 31.2 Å². The van der Waals surface area contributed by atoms with Gasteiger partial charge in [0.05, 0.1) is 12.4 Å². The van der Waals surface area contributed by atoms with Crippen molar-refractivity contribution in [3.8, 4) is 0 Å². The van der Waals surface area contributed by atoms with Crippen LogP contribution in [0.15, 0.2) is 48.5 Å². The second-order valence-electron chi connectivity index (χ2n) is 6.09. The molecule has 0 aliphatic carbocycles. The Bertz CT molecular complexity index is 694. The number of carbonyl (C=O) groups excluding carboxylic acids is 1. The maximum absolute atomic E-state index is 13.8. The molecule has 1 saturated heterocycles. The number of rotatable bonds is 4. The van der Waals surface area contributed by atoms with Gasteiger partial charge in [-0.2, -0.15) is 0 Å². The van der Waals surface area contributed by atoms with Crippen LogP contribution in [0.1, 0.15) is 15.9 Å². The first-order chi connectivity index (χ1) is 11.6. The molecule has 1 N–H and O–H groups in total. The molecule has 0 aromatic heterocycles. The van der Waals surface area contributed by atoms with Crippen molar-refractivity contribution in [1.82, 2.24) is 10.2 Å². The number of nitrogens with zero attached hydrogens (tertiary/aromatic N) is 2. The Morgan fingerprint density at radius 1 is 1.04 bits per heavy atom. The molecule has 1 heterocycles. The van der Waals surface area contributed by atoms with Crippen LogP contribution in [0.25, 0.3) is 0 Å². The van der Waals surface area contributed by atoms with E-state index in [4.69, 9.17) is 0 Å². The van der Waals surface area contributed by atoms with Gasteiger partial charge in [0.15, 0.2) is 0 Å². The van der Waals surface area contributed by atoms with Crippen molar-refractivity contribution >= 4 is 11.6 Å². The van der Waals surface area contributed by atoms with Gasteiger partial charge in [0.1, 0.15) is 5.82 Å². The van der Waals surface area contributed by atoms with Gasteiger partial charge in [0.25, 0.3) is 5.91 Å². The quantitative estimate of drug-likeness (QED) is 0.938. The van der Waals surface area contributed by atoms with Crippen LogP contribution >= 0.6 is 0 Å². The Morgan fingerprint density at radius 2 is 1.71 bits per heavy atom. The van der Waals surface area contributed by atoms with E-state index < -0.39 is 0 Å². The van der Waals surface area contributed by atoms with Crippen LogP contribution in [-0.2, 0) is 0 Å². The molecule has 0 saturated carbocycles. The largest absolute Gasteiger partial charge is 0.367 e. The van der Waals surface area contributed by atoms with E-state index in [0.29, 0.717) is 17.9 Å². The molecular formula is C19H22FN3O. The maximum atomic E-state index is 13.8. The minimum Gasteiger partial charge on any atom is -0.367 e. The maximum Gasteiger partial charge on any atom is 0.252 e. The Labute approximate surface area is 141 Å². The molecule has 1 fully saturated rings. The van der Waals surface area contributed by atoms with E-state index >= 15 is 0 Å². The topological polar surface area (TPSA) is 35.6 Å². The normalized spacial score (nSPS) is 15.3. The molecule has 1 aliphatic rings. The van der Waals surface area contributed by atoms with Gasteiger partial charge in [0.2, 0.25) is 0 Å². The summed E-state index contributed by atoms with van der Waals surface area (Å²) in [7, 11) is 0. The summed E-state index contributed by atoms with van der Waals surface area (Å²) in [5, 5.41) is 2.95. The lowest BCUT2D eigenvalue weighted by molar-refractivity contribution is 0.0920. The van der Waals surface area contributed by atoms with Crippen molar-refractivity contribution < 1.29 is 9.18 Å². The zero-order valence-electron chi connectivity index (χ0n) is 13.8. The molecule has 4 nitrogen and oxygen atoms in total. The molecule has 0 radical (unpaired) electrons. The van der Waals surface area contributed by atoms with E-state index in [1.807, 2.05) is 48.2 Å². The van der Waals surface area contributed by atoms with E-state index in [9.17, 15) is 9.18 Å². The van der Waals surface area contributed by atoms with Crippen LogP contribution in [0.2, 0.25) is 0 Å². The van der Waals surface area contributed by atoms with E-state index in [-0.39, 0.29) is 11.7 Å². The van der Waals surface area contributed by atoms with Crippen molar-refractivity contribution in [2.45, 2.75) is 6.92 Å². The van der Waals surface area contributed by atoms with Gasteiger partial charge in [-0.1, -0.05) is 29.8 Å². The summed E-state index contributed by atoms with van der Waals surface area (Å²) in [6.07, 6.45) is 0. The van der Waals surface area contributed by atoms with Crippen molar-refractivity contribution in [1.29, 1.82) is 0 Å². The highest BCUT2D eigenvalue weighted by atomic mass is 19.1. The van der Waals surface area contributed by atoms with Gasteiger partial charge in [-0.25, -0.2) is 4.39 Å². The highest BCUT2D eigenvalue weighted by Crippen LogP contribution is 2.19. The average molecular weight is 327 g/mol. The molecule has 1 amide bonds. The third-order valence-corrected chi connectivity index (χ3v) is 4.34. The monoisotopic (exact) mass is 327 g/mol. The predicted molar refractivity (Wildman–Crippen MR) is 93.7 cm³/mol. The van der Waals surface area contributed by atoms with Crippen molar-refractivity contribution in [3.63, 3.8) is 0 Å². The molecule has 2 aromatic rings. The highest BCUT2D eigenvalue weighted by Gasteiger charge is 2.19. The number of aryl methyl sites for hydroxylation is 1. The van der Waals surface area contributed by atoms with E-state index in [1.54, 1.807) is 6.07 Å². The Hall–Kier alpha value is -2.40. The van der Waals surface area contributed by atoms with Crippen LogP contribution in [0.3, 0.4) is 0 Å². The number of nitrogens with one attached hydrogen (secondary N) is 1. The summed E-state index contributed by atoms with van der Waals surface area (Å²) >= 11 is 0. The fourth-order valence-electron chi connectivity index (χ4n) is 2.85. The summed E-state index contributed by atoms with van der Waals surface area (Å²) in [4.78, 5) is 16.4. The second kappa shape index (κ2) is 7.45. The zero-order valence-corrected chi connectivity index (χ0v) is 13.8. The first kappa shape index (κ1) is 16.5. The third-order valence-electron chi connectivity index (χ3n) is 4.34. The minimum atomic E-state index is -0.182. The standard InChI is InChI=1S/C19H22FN3O/c1-15-6-8-16(9-7-15)19(24)21-14-22-10-12-23(13-11-22)18-5-3-2-4-17(18)20/h2-9H,10-14H2,1H3,(H,21,24). The van der Waals surface area contributed by atoms with Crippen molar-refractivity contribution in [2.75, 3.05) is 37.7 Å². The van der Waals surface area contributed by atoms with Crippen LogP contribution in [0.5, 0.6) is 0 Å². The number of hydrogen-bond acceptors (Lipinski definition) is 3. The molecule has 24 heavy (non-hydrogen) atoms. The van der Waals surface area contributed by atoms with E-state index in [2.05, 4.69) is 10.2 Å². The van der Waals surface area contributed by atoms with Gasteiger partial charge < -0.3 is 10.2 Å². The summed E-state index contributed by atoms with van der Waals surface area (Å²) in [5.41, 5.74) is 2.46. The summed E-state index contributed by atoms with van der Waals surface area (Å²) in [6.45, 7) is 5.60. The van der Waals surface area contributed by atoms with Crippen LogP contribution in [-0.4, -0.2) is 43.7 Å². The lowest BCUT2D eigenvalue weighted by atomic mass is 10.1. The fourth-order valence-corrected chi connectivity index (χ4v) is 2.85. The number of anilines is 1. The molecule has 3 rings (SSSR count). The number of piperazine rings is 1. The molecule has 126 valence electrons. The molecule has 0 bridgehead atoms. The molecule has 0 unspecified atom stereocenters. The first-order valence-corrected chi connectivity index (χ1v) is 8.20. The molecule has 5 heteroatoms. The van der Waals surface area contributed by atoms with Gasteiger partial charge >= 0.3 is 0 Å². The minimum absolute atomic E-state index is 0.0634.